The summed E-state index contributed by atoms with van der Waals surface area (Å²) in [5.74, 6) is -1.46. The molecule has 0 aliphatic carbocycles. The molecule has 3 rings (SSSR count). The average molecular weight is 330 g/mol. The quantitative estimate of drug-likeness (QED) is 0.902. The van der Waals surface area contributed by atoms with E-state index in [1.54, 1.807) is 31.2 Å². The van der Waals surface area contributed by atoms with Crippen LogP contribution in [0.3, 0.4) is 0 Å². The Kier molecular flexibility index (Phi) is 4.90. The number of anilines is 1. The molecule has 1 atom stereocenters. The lowest BCUT2D eigenvalue weighted by molar-refractivity contribution is -0.119. The number of nitrogens with one attached hydrogen (secondary N) is 2. The van der Waals surface area contributed by atoms with Crippen LogP contribution in [0, 0.1) is 17.6 Å². The van der Waals surface area contributed by atoms with Crippen molar-refractivity contribution < 1.29 is 13.6 Å². The van der Waals surface area contributed by atoms with Crippen molar-refractivity contribution in [3.05, 3.63) is 64.7 Å². The minimum atomic E-state index is -0.459. The summed E-state index contributed by atoms with van der Waals surface area (Å²) in [4.78, 5) is 12.3. The predicted octanol–water partition coefficient (Wildman–Crippen LogP) is 3.43. The van der Waals surface area contributed by atoms with Crippen molar-refractivity contribution >= 4 is 11.6 Å². The van der Waals surface area contributed by atoms with Crippen LogP contribution >= 0.6 is 0 Å². The fourth-order valence-electron chi connectivity index (χ4n) is 2.97. The molecule has 0 spiro atoms. The van der Waals surface area contributed by atoms with E-state index >= 15 is 0 Å². The molecular weight excluding hydrogens is 310 g/mol. The summed E-state index contributed by atoms with van der Waals surface area (Å²) in [6.07, 6.45) is 0.880. The Morgan fingerprint density at radius 2 is 2.04 bits per heavy atom. The molecule has 1 amide bonds. The van der Waals surface area contributed by atoms with Crippen LogP contribution in [0.5, 0.6) is 0 Å². The highest BCUT2D eigenvalue weighted by Gasteiger charge is 2.20. The van der Waals surface area contributed by atoms with Gasteiger partial charge in [0.25, 0.3) is 0 Å². The summed E-state index contributed by atoms with van der Waals surface area (Å²) in [6.45, 7) is 3.08. The van der Waals surface area contributed by atoms with Gasteiger partial charge < -0.3 is 10.6 Å². The maximum atomic E-state index is 14.6. The van der Waals surface area contributed by atoms with E-state index in [1.165, 1.54) is 6.07 Å². The minimum Gasteiger partial charge on any atom is -0.323 e. The smallest absolute Gasteiger partial charge is 0.227 e. The summed E-state index contributed by atoms with van der Waals surface area (Å²) in [7, 11) is 0. The van der Waals surface area contributed by atoms with E-state index < -0.39 is 5.92 Å². The van der Waals surface area contributed by atoms with Gasteiger partial charge >= 0.3 is 0 Å². The Hall–Kier alpha value is -2.27. The topological polar surface area (TPSA) is 41.1 Å². The van der Waals surface area contributed by atoms with Crippen LogP contribution in [0.4, 0.5) is 14.5 Å². The van der Waals surface area contributed by atoms with Crippen LogP contribution in [0.15, 0.2) is 36.4 Å². The SMILES string of the molecule is CC(Cc1ccccc1F)C(=O)Nc1ccc2c(c1F)CCNC2. The highest BCUT2D eigenvalue weighted by Crippen LogP contribution is 2.25. The van der Waals surface area contributed by atoms with Crippen LogP contribution in [0.2, 0.25) is 0 Å². The lowest BCUT2D eigenvalue weighted by atomic mass is 9.98. The molecule has 0 fully saturated rings. The third-order valence-electron chi connectivity index (χ3n) is 4.40. The van der Waals surface area contributed by atoms with E-state index in [4.69, 9.17) is 0 Å². The molecule has 0 aromatic heterocycles. The third-order valence-corrected chi connectivity index (χ3v) is 4.40. The molecule has 0 radical (unpaired) electrons. The number of halogens is 2. The molecule has 2 N–H and O–H groups in total. The van der Waals surface area contributed by atoms with Crippen molar-refractivity contribution in [2.24, 2.45) is 5.92 Å². The predicted molar refractivity (Wildman–Crippen MR) is 89.7 cm³/mol. The van der Waals surface area contributed by atoms with E-state index in [0.29, 0.717) is 24.1 Å². The number of hydrogen-bond acceptors (Lipinski definition) is 2. The van der Waals surface area contributed by atoms with Gasteiger partial charge in [-0.1, -0.05) is 31.2 Å². The molecule has 0 bridgehead atoms. The number of amides is 1. The van der Waals surface area contributed by atoms with Crippen molar-refractivity contribution in [3.63, 3.8) is 0 Å². The van der Waals surface area contributed by atoms with Gasteiger partial charge in [0.2, 0.25) is 5.91 Å². The van der Waals surface area contributed by atoms with E-state index in [1.807, 2.05) is 6.07 Å². The molecule has 0 saturated carbocycles. The van der Waals surface area contributed by atoms with Gasteiger partial charge in [0, 0.05) is 12.5 Å². The molecule has 5 heteroatoms. The highest BCUT2D eigenvalue weighted by molar-refractivity contribution is 5.92. The Labute approximate surface area is 140 Å². The van der Waals surface area contributed by atoms with Gasteiger partial charge in [-0.05, 0) is 48.2 Å². The molecule has 1 heterocycles. The fourth-order valence-corrected chi connectivity index (χ4v) is 2.97. The minimum absolute atomic E-state index is 0.195. The summed E-state index contributed by atoms with van der Waals surface area (Å²) in [6, 6.07) is 9.81. The van der Waals surface area contributed by atoms with Gasteiger partial charge in [0.05, 0.1) is 5.69 Å². The number of carbonyl (C=O) groups is 1. The molecule has 0 saturated heterocycles. The first-order valence-electron chi connectivity index (χ1n) is 8.11. The Morgan fingerprint density at radius 3 is 2.83 bits per heavy atom. The lowest BCUT2D eigenvalue weighted by Gasteiger charge is -2.20. The second-order valence-corrected chi connectivity index (χ2v) is 6.18. The molecule has 3 nitrogen and oxygen atoms in total. The largest absolute Gasteiger partial charge is 0.323 e. The van der Waals surface area contributed by atoms with Crippen molar-refractivity contribution in [1.29, 1.82) is 0 Å². The molecule has 2 aromatic carbocycles. The van der Waals surface area contributed by atoms with Crippen LogP contribution in [0.25, 0.3) is 0 Å². The standard InChI is InChI=1S/C19H20F2N2O/c1-12(10-13-4-2-3-5-16(13)20)19(24)23-17-7-6-14-11-22-9-8-15(14)18(17)21/h2-7,12,22H,8-11H2,1H3,(H,23,24). The number of carbonyl (C=O) groups excluding carboxylic acids is 1. The second-order valence-electron chi connectivity index (χ2n) is 6.18. The van der Waals surface area contributed by atoms with Gasteiger partial charge in [-0.15, -0.1) is 0 Å². The van der Waals surface area contributed by atoms with E-state index in [9.17, 15) is 13.6 Å². The maximum Gasteiger partial charge on any atom is 0.227 e. The van der Waals surface area contributed by atoms with Gasteiger partial charge in [0.1, 0.15) is 11.6 Å². The van der Waals surface area contributed by atoms with Crippen LogP contribution in [-0.4, -0.2) is 12.5 Å². The highest BCUT2D eigenvalue weighted by atomic mass is 19.1. The summed E-state index contributed by atoms with van der Waals surface area (Å²) in [5, 5.41) is 5.83. The molecule has 24 heavy (non-hydrogen) atoms. The number of rotatable bonds is 4. The Morgan fingerprint density at radius 1 is 1.25 bits per heavy atom. The van der Waals surface area contributed by atoms with Crippen molar-refractivity contribution in [1.82, 2.24) is 5.32 Å². The first kappa shape index (κ1) is 16.6. The zero-order chi connectivity index (χ0) is 17.1. The molecular formula is C19H20F2N2O. The van der Waals surface area contributed by atoms with E-state index in [2.05, 4.69) is 10.6 Å². The molecule has 1 unspecified atom stereocenters. The monoisotopic (exact) mass is 330 g/mol. The second kappa shape index (κ2) is 7.09. The Balaban J connectivity index is 1.71. The number of benzene rings is 2. The van der Waals surface area contributed by atoms with Gasteiger partial charge in [-0.3, -0.25) is 4.79 Å². The summed E-state index contributed by atoms with van der Waals surface area (Å²) < 4.78 is 28.3. The zero-order valence-corrected chi connectivity index (χ0v) is 13.5. The van der Waals surface area contributed by atoms with Gasteiger partial charge in [0.15, 0.2) is 0 Å². The van der Waals surface area contributed by atoms with Gasteiger partial charge in [-0.2, -0.15) is 0 Å². The van der Waals surface area contributed by atoms with Crippen LogP contribution in [0.1, 0.15) is 23.6 Å². The Bertz CT molecular complexity index is 761. The maximum absolute atomic E-state index is 14.6. The molecule has 2 aromatic rings. The normalized spacial score (nSPS) is 14.8. The number of hydrogen-bond donors (Lipinski definition) is 2. The van der Waals surface area contributed by atoms with Crippen molar-refractivity contribution in [2.75, 3.05) is 11.9 Å². The van der Waals surface area contributed by atoms with Crippen LogP contribution < -0.4 is 10.6 Å². The summed E-state index contributed by atoms with van der Waals surface area (Å²) >= 11 is 0. The van der Waals surface area contributed by atoms with Gasteiger partial charge in [-0.25, -0.2) is 8.78 Å². The molecule has 126 valence electrons. The van der Waals surface area contributed by atoms with Crippen LogP contribution in [-0.2, 0) is 24.2 Å². The average Bonchev–Trinajstić information content (AvgIpc) is 2.59. The first-order chi connectivity index (χ1) is 11.6. The fraction of sp³-hybridized carbons (Fsp3) is 0.316. The van der Waals surface area contributed by atoms with Crippen molar-refractivity contribution in [2.45, 2.75) is 26.3 Å². The van der Waals surface area contributed by atoms with E-state index in [-0.39, 0.29) is 29.6 Å². The van der Waals surface area contributed by atoms with Crippen molar-refractivity contribution in [3.8, 4) is 0 Å². The van der Waals surface area contributed by atoms with E-state index in [0.717, 1.165) is 12.1 Å². The number of fused-ring (bicyclic) bond motifs is 1. The molecule has 1 aliphatic heterocycles. The molecule has 1 aliphatic rings. The zero-order valence-electron chi connectivity index (χ0n) is 13.5. The summed E-state index contributed by atoms with van der Waals surface area (Å²) in [5.41, 5.74) is 2.27. The first-order valence-corrected chi connectivity index (χ1v) is 8.11. The lowest BCUT2D eigenvalue weighted by Crippen LogP contribution is -2.26. The third kappa shape index (κ3) is 3.46.